The van der Waals surface area contributed by atoms with Crippen LogP contribution in [0.3, 0.4) is 0 Å². The second kappa shape index (κ2) is 3.97. The summed E-state index contributed by atoms with van der Waals surface area (Å²) in [7, 11) is 1.26. The molecule has 0 fully saturated rings. The van der Waals surface area contributed by atoms with E-state index >= 15 is 0 Å². The van der Waals surface area contributed by atoms with Crippen molar-refractivity contribution in [1.29, 1.82) is 0 Å². The predicted molar refractivity (Wildman–Crippen MR) is 66.3 cm³/mol. The van der Waals surface area contributed by atoms with Gasteiger partial charge in [-0.2, -0.15) is 0 Å². The standard InChI is InChI=1S/C12H15N3O3/c1-7-6-12(2,3)14-11-13-8(5-9(16)18-4)10(17)15(7)11/h5-6H,1-4H3,(H,13,14)/b8-5-. The van der Waals surface area contributed by atoms with Crippen LogP contribution in [0, 0.1) is 0 Å². The third-order valence-corrected chi connectivity index (χ3v) is 2.66. The van der Waals surface area contributed by atoms with Gasteiger partial charge in [0.15, 0.2) is 0 Å². The Labute approximate surface area is 103 Å². The van der Waals surface area contributed by atoms with Gasteiger partial charge in [0, 0.05) is 5.70 Å². The Hall–Kier alpha value is -2.11. The number of imidazole rings is 1. The molecule has 18 heavy (non-hydrogen) atoms. The van der Waals surface area contributed by atoms with Gasteiger partial charge in [0.1, 0.15) is 5.35 Å². The van der Waals surface area contributed by atoms with E-state index in [0.717, 1.165) is 11.8 Å². The lowest BCUT2D eigenvalue weighted by atomic mass is 10.0. The highest BCUT2D eigenvalue weighted by molar-refractivity contribution is 5.99. The molecule has 1 aliphatic rings. The number of rotatable bonds is 1. The summed E-state index contributed by atoms with van der Waals surface area (Å²) in [5.41, 5.74) is 0.559. The Morgan fingerprint density at radius 3 is 2.83 bits per heavy atom. The second-order valence-corrected chi connectivity index (χ2v) is 4.72. The molecule has 6 heteroatoms. The maximum absolute atomic E-state index is 12.1. The first-order chi connectivity index (χ1) is 8.34. The fourth-order valence-electron chi connectivity index (χ4n) is 2.01. The summed E-state index contributed by atoms with van der Waals surface area (Å²) in [5, 5.41) is 0.172. The first-order valence-electron chi connectivity index (χ1n) is 5.54. The lowest BCUT2D eigenvalue weighted by Crippen LogP contribution is -2.35. The molecule has 0 radical (unpaired) electrons. The number of hydrogen-bond acceptors (Lipinski definition) is 4. The molecule has 0 bridgehead atoms. The monoisotopic (exact) mass is 249 g/mol. The largest absolute Gasteiger partial charge is 0.466 e. The number of carbonyl (C=O) groups excluding carboxylic acids is 1. The molecule has 0 aromatic carbocycles. The number of ether oxygens (including phenoxy) is 1. The zero-order valence-electron chi connectivity index (χ0n) is 10.8. The highest BCUT2D eigenvalue weighted by Gasteiger charge is 2.20. The van der Waals surface area contributed by atoms with E-state index in [2.05, 4.69) is 14.7 Å². The van der Waals surface area contributed by atoms with Gasteiger partial charge in [-0.3, -0.25) is 4.79 Å². The summed E-state index contributed by atoms with van der Waals surface area (Å²) < 4.78 is 5.95. The average molecular weight is 249 g/mol. The highest BCUT2D eigenvalue weighted by atomic mass is 16.5. The van der Waals surface area contributed by atoms with Crippen LogP contribution in [-0.4, -0.2) is 28.2 Å². The van der Waals surface area contributed by atoms with Crippen molar-refractivity contribution in [3.05, 3.63) is 27.4 Å². The molecule has 0 atom stereocenters. The smallest absolute Gasteiger partial charge is 0.332 e. The Morgan fingerprint density at radius 1 is 1.56 bits per heavy atom. The molecule has 2 rings (SSSR count). The number of H-pyrrole nitrogens is 1. The predicted octanol–water partition coefficient (Wildman–Crippen LogP) is -0.597. The van der Waals surface area contributed by atoms with E-state index in [9.17, 15) is 9.59 Å². The maximum Gasteiger partial charge on any atom is 0.332 e. The Bertz CT molecular complexity index is 704. The Morgan fingerprint density at radius 2 is 2.22 bits per heavy atom. The van der Waals surface area contributed by atoms with Gasteiger partial charge in [-0.05, 0) is 26.8 Å². The molecule has 0 aliphatic carbocycles. The van der Waals surface area contributed by atoms with E-state index in [1.54, 1.807) is 0 Å². The molecular weight excluding hydrogens is 234 g/mol. The molecule has 1 aliphatic heterocycles. The number of carbonyl (C=O) groups is 1. The van der Waals surface area contributed by atoms with Crippen molar-refractivity contribution in [3.63, 3.8) is 0 Å². The van der Waals surface area contributed by atoms with Crippen molar-refractivity contribution >= 4 is 17.7 Å². The van der Waals surface area contributed by atoms with E-state index in [-0.39, 0.29) is 16.4 Å². The van der Waals surface area contributed by atoms with E-state index < -0.39 is 5.97 Å². The summed E-state index contributed by atoms with van der Waals surface area (Å²) in [6.07, 6.45) is 3.03. The van der Waals surface area contributed by atoms with Crippen molar-refractivity contribution in [2.45, 2.75) is 26.3 Å². The van der Waals surface area contributed by atoms with Crippen LogP contribution in [-0.2, 0) is 9.53 Å². The van der Waals surface area contributed by atoms with E-state index in [1.165, 1.54) is 11.7 Å². The number of aromatic amines is 1. The third-order valence-electron chi connectivity index (χ3n) is 2.66. The van der Waals surface area contributed by atoms with Crippen molar-refractivity contribution in [3.8, 4) is 0 Å². The molecule has 96 valence electrons. The van der Waals surface area contributed by atoms with E-state index in [4.69, 9.17) is 0 Å². The molecule has 1 N–H and O–H groups in total. The summed E-state index contributed by atoms with van der Waals surface area (Å²) in [4.78, 5) is 30.5. The van der Waals surface area contributed by atoms with Gasteiger partial charge in [-0.1, -0.05) is 0 Å². The number of hydrogen-bond donors (Lipinski definition) is 1. The summed E-state index contributed by atoms with van der Waals surface area (Å²) in [6, 6.07) is 0. The molecular formula is C12H15N3O3. The Balaban J connectivity index is 2.76. The number of aromatic nitrogens is 2. The van der Waals surface area contributed by atoms with Gasteiger partial charge in [0.05, 0.1) is 18.7 Å². The van der Waals surface area contributed by atoms with Gasteiger partial charge in [0.2, 0.25) is 5.62 Å². The Kier molecular flexibility index (Phi) is 2.73. The number of esters is 1. The number of allylic oxidation sites excluding steroid dienone is 1. The summed E-state index contributed by atoms with van der Waals surface area (Å²) in [6.45, 7) is 5.71. The van der Waals surface area contributed by atoms with Crippen LogP contribution < -0.4 is 16.5 Å². The zero-order chi connectivity index (χ0) is 13.5. The molecule has 0 saturated heterocycles. The van der Waals surface area contributed by atoms with Crippen LogP contribution in [0.5, 0.6) is 0 Å². The molecule has 2 heterocycles. The number of fused-ring (bicyclic) bond motifs is 1. The summed E-state index contributed by atoms with van der Waals surface area (Å²) in [5.74, 6) is -0.577. The van der Waals surface area contributed by atoms with Gasteiger partial charge in [0.25, 0.3) is 5.56 Å². The van der Waals surface area contributed by atoms with E-state index in [1.807, 2.05) is 26.8 Å². The average Bonchev–Trinajstić information content (AvgIpc) is 2.53. The van der Waals surface area contributed by atoms with Crippen molar-refractivity contribution in [2.75, 3.05) is 7.11 Å². The second-order valence-electron chi connectivity index (χ2n) is 4.72. The first-order valence-corrected chi connectivity index (χ1v) is 5.54. The van der Waals surface area contributed by atoms with Gasteiger partial charge < -0.3 is 9.72 Å². The third kappa shape index (κ3) is 2.01. The van der Waals surface area contributed by atoms with Crippen LogP contribution in [0.25, 0.3) is 11.8 Å². The quantitative estimate of drug-likeness (QED) is 0.675. The SMILES string of the molecule is COC(=O)/C=c1\[nH]c2n(c1=O)C(C)=CC(C)(C)N=2. The van der Waals surface area contributed by atoms with Gasteiger partial charge >= 0.3 is 5.97 Å². The van der Waals surface area contributed by atoms with Crippen molar-refractivity contribution in [1.82, 2.24) is 9.55 Å². The van der Waals surface area contributed by atoms with Gasteiger partial charge in [-0.15, -0.1) is 0 Å². The molecule has 6 nitrogen and oxygen atoms in total. The molecule has 0 spiro atoms. The van der Waals surface area contributed by atoms with Crippen LogP contribution in [0.15, 0.2) is 15.9 Å². The van der Waals surface area contributed by atoms with Gasteiger partial charge in [-0.25, -0.2) is 14.4 Å². The minimum atomic E-state index is -0.577. The lowest BCUT2D eigenvalue weighted by molar-refractivity contribution is -0.133. The molecule has 1 aromatic heterocycles. The fourth-order valence-corrected chi connectivity index (χ4v) is 2.01. The molecule has 0 unspecified atom stereocenters. The van der Waals surface area contributed by atoms with Crippen LogP contribution in [0.4, 0.5) is 0 Å². The minimum Gasteiger partial charge on any atom is -0.466 e. The number of nitrogens with zero attached hydrogens (tertiary/aromatic N) is 2. The lowest BCUT2D eigenvalue weighted by Gasteiger charge is -2.19. The normalized spacial score (nSPS) is 17.8. The van der Waals surface area contributed by atoms with Crippen molar-refractivity contribution in [2.24, 2.45) is 4.99 Å². The fraction of sp³-hybridized carbons (Fsp3) is 0.417. The first kappa shape index (κ1) is 12.3. The summed E-state index contributed by atoms with van der Waals surface area (Å²) >= 11 is 0. The maximum atomic E-state index is 12.1. The van der Waals surface area contributed by atoms with Crippen molar-refractivity contribution < 1.29 is 9.53 Å². The van der Waals surface area contributed by atoms with Crippen LogP contribution in [0.2, 0.25) is 0 Å². The van der Waals surface area contributed by atoms with E-state index in [0.29, 0.717) is 5.62 Å². The molecule has 0 saturated carbocycles. The molecule has 0 amide bonds. The number of nitrogens with one attached hydrogen (secondary N) is 1. The minimum absolute atomic E-state index is 0.172. The highest BCUT2D eigenvalue weighted by Crippen LogP contribution is 2.16. The topological polar surface area (TPSA) is 76.5 Å². The number of methoxy groups -OCH3 is 1. The van der Waals surface area contributed by atoms with Crippen LogP contribution >= 0.6 is 0 Å². The van der Waals surface area contributed by atoms with Crippen LogP contribution in [0.1, 0.15) is 20.8 Å². The molecule has 1 aromatic rings. The zero-order valence-corrected chi connectivity index (χ0v) is 10.8.